The minimum Gasteiger partial charge on any atom is -0.376 e. The minimum absolute atomic E-state index is 0.00196. The van der Waals surface area contributed by atoms with Crippen molar-refractivity contribution in [3.8, 4) is 0 Å². The van der Waals surface area contributed by atoms with Crippen LogP contribution in [-0.4, -0.2) is 47.0 Å². The summed E-state index contributed by atoms with van der Waals surface area (Å²) in [6.07, 6.45) is 6.05. The molecule has 2 aliphatic rings. The summed E-state index contributed by atoms with van der Waals surface area (Å²) in [7, 11) is 1.45. The molecular formula is C19H24N4O4S2. The van der Waals surface area contributed by atoms with Crippen molar-refractivity contribution in [3.05, 3.63) is 20.8 Å². The summed E-state index contributed by atoms with van der Waals surface area (Å²) >= 11 is 2.77. The Kier molecular flexibility index (Phi) is 6.21. The Labute approximate surface area is 176 Å². The summed E-state index contributed by atoms with van der Waals surface area (Å²) in [4.78, 5) is 43.6. The van der Waals surface area contributed by atoms with Crippen LogP contribution in [0.15, 0.2) is 9.95 Å². The van der Waals surface area contributed by atoms with E-state index in [1.54, 1.807) is 15.9 Å². The van der Waals surface area contributed by atoms with Crippen LogP contribution in [-0.2, 0) is 28.9 Å². The summed E-state index contributed by atoms with van der Waals surface area (Å²) in [6, 6.07) is -0.554. The SMILES string of the molecule is CNC(=O)NC(=O)CSc1nc2sc3c(c2c(=O)n1CC1CCCO1)CCCC3. The van der Waals surface area contributed by atoms with Crippen molar-refractivity contribution in [1.82, 2.24) is 20.2 Å². The van der Waals surface area contributed by atoms with E-state index in [4.69, 9.17) is 9.72 Å². The standard InChI is InChI=1S/C19H24N4O4S2/c1-20-18(26)21-14(24)10-28-19-22-16-15(12-6-2-3-7-13(12)29-16)17(25)23(19)9-11-5-4-8-27-11/h11H,2-10H2,1H3,(H2,20,21,24,26). The Morgan fingerprint density at radius 1 is 1.31 bits per heavy atom. The van der Waals surface area contributed by atoms with Gasteiger partial charge in [0.25, 0.3) is 5.56 Å². The number of thiophene rings is 1. The highest BCUT2D eigenvalue weighted by atomic mass is 32.2. The van der Waals surface area contributed by atoms with Gasteiger partial charge in [-0.25, -0.2) is 9.78 Å². The molecule has 3 amide bonds. The lowest BCUT2D eigenvalue weighted by Crippen LogP contribution is -2.38. The lowest BCUT2D eigenvalue weighted by molar-refractivity contribution is -0.117. The molecule has 0 spiro atoms. The van der Waals surface area contributed by atoms with Gasteiger partial charge in [0.05, 0.1) is 23.8 Å². The van der Waals surface area contributed by atoms with Gasteiger partial charge in [0.2, 0.25) is 5.91 Å². The van der Waals surface area contributed by atoms with Crippen LogP contribution in [0.4, 0.5) is 4.79 Å². The molecule has 156 valence electrons. The Bertz CT molecular complexity index is 994. The lowest BCUT2D eigenvalue weighted by atomic mass is 9.97. The maximum atomic E-state index is 13.4. The van der Waals surface area contributed by atoms with Gasteiger partial charge in [0.1, 0.15) is 4.83 Å². The molecule has 1 atom stereocenters. The number of aromatic nitrogens is 2. The van der Waals surface area contributed by atoms with Gasteiger partial charge in [-0.05, 0) is 44.1 Å². The third-order valence-corrected chi connectivity index (χ3v) is 7.42. The molecular weight excluding hydrogens is 412 g/mol. The second-order valence-corrected chi connectivity index (χ2v) is 9.28. The summed E-state index contributed by atoms with van der Waals surface area (Å²) in [6.45, 7) is 1.14. The molecule has 1 unspecified atom stereocenters. The van der Waals surface area contributed by atoms with Gasteiger partial charge in [-0.15, -0.1) is 11.3 Å². The number of hydrogen-bond acceptors (Lipinski definition) is 7. The molecule has 1 aliphatic carbocycles. The van der Waals surface area contributed by atoms with Gasteiger partial charge < -0.3 is 10.1 Å². The van der Waals surface area contributed by atoms with E-state index in [2.05, 4.69) is 10.6 Å². The fraction of sp³-hybridized carbons (Fsp3) is 0.579. The molecule has 10 heteroatoms. The third kappa shape index (κ3) is 4.34. The van der Waals surface area contributed by atoms with E-state index in [1.807, 2.05) is 0 Å². The highest BCUT2D eigenvalue weighted by Crippen LogP contribution is 2.34. The fourth-order valence-electron chi connectivity index (χ4n) is 3.84. The van der Waals surface area contributed by atoms with Gasteiger partial charge in [0.15, 0.2) is 5.16 Å². The number of nitrogens with zero attached hydrogens (tertiary/aromatic N) is 2. The Morgan fingerprint density at radius 2 is 2.14 bits per heavy atom. The molecule has 2 aromatic heterocycles. The largest absolute Gasteiger partial charge is 0.376 e. The van der Waals surface area contributed by atoms with E-state index in [-0.39, 0.29) is 17.4 Å². The van der Waals surface area contributed by atoms with Crippen LogP contribution in [0, 0.1) is 0 Å². The number of urea groups is 1. The smallest absolute Gasteiger partial charge is 0.321 e. The molecule has 0 radical (unpaired) electrons. The Morgan fingerprint density at radius 3 is 2.90 bits per heavy atom. The highest BCUT2D eigenvalue weighted by molar-refractivity contribution is 7.99. The van der Waals surface area contributed by atoms with Crippen molar-refractivity contribution in [1.29, 1.82) is 0 Å². The monoisotopic (exact) mass is 436 g/mol. The lowest BCUT2D eigenvalue weighted by Gasteiger charge is -2.16. The molecule has 1 saturated heterocycles. The molecule has 4 rings (SSSR count). The van der Waals surface area contributed by atoms with E-state index in [0.29, 0.717) is 18.3 Å². The fourth-order valence-corrected chi connectivity index (χ4v) is 5.95. The van der Waals surface area contributed by atoms with Gasteiger partial charge in [-0.2, -0.15) is 0 Å². The number of imide groups is 1. The molecule has 0 bridgehead atoms. The van der Waals surface area contributed by atoms with Gasteiger partial charge in [0, 0.05) is 18.5 Å². The zero-order chi connectivity index (χ0) is 20.4. The van der Waals surface area contributed by atoms with Crippen molar-refractivity contribution in [3.63, 3.8) is 0 Å². The number of nitrogens with one attached hydrogen (secondary N) is 2. The van der Waals surface area contributed by atoms with Crippen LogP contribution >= 0.6 is 23.1 Å². The molecule has 3 heterocycles. The maximum absolute atomic E-state index is 13.4. The van der Waals surface area contributed by atoms with Crippen LogP contribution in [0.5, 0.6) is 0 Å². The number of rotatable bonds is 5. The molecule has 2 N–H and O–H groups in total. The first-order valence-electron chi connectivity index (χ1n) is 9.88. The Balaban J connectivity index is 1.67. The van der Waals surface area contributed by atoms with Crippen molar-refractivity contribution in [2.45, 2.75) is 56.3 Å². The number of carbonyl (C=O) groups excluding carboxylic acids is 2. The minimum atomic E-state index is -0.554. The van der Waals surface area contributed by atoms with E-state index in [0.717, 1.165) is 54.3 Å². The molecule has 1 fully saturated rings. The number of aryl methyl sites for hydroxylation is 2. The first-order chi connectivity index (χ1) is 14.1. The number of thioether (sulfide) groups is 1. The number of fused-ring (bicyclic) bond motifs is 3. The van der Waals surface area contributed by atoms with E-state index < -0.39 is 11.9 Å². The maximum Gasteiger partial charge on any atom is 0.321 e. The zero-order valence-electron chi connectivity index (χ0n) is 16.3. The van der Waals surface area contributed by atoms with Crippen LogP contribution in [0.1, 0.15) is 36.1 Å². The van der Waals surface area contributed by atoms with Crippen LogP contribution < -0.4 is 16.2 Å². The van der Waals surface area contributed by atoms with Crippen molar-refractivity contribution >= 4 is 45.3 Å². The average molecular weight is 437 g/mol. The predicted molar refractivity (Wildman–Crippen MR) is 113 cm³/mol. The predicted octanol–water partition coefficient (Wildman–Crippen LogP) is 2.06. The van der Waals surface area contributed by atoms with Gasteiger partial charge >= 0.3 is 6.03 Å². The normalized spacial score (nSPS) is 18.6. The van der Waals surface area contributed by atoms with Crippen molar-refractivity contribution in [2.75, 3.05) is 19.4 Å². The van der Waals surface area contributed by atoms with Gasteiger partial charge in [-0.3, -0.25) is 19.5 Å². The summed E-state index contributed by atoms with van der Waals surface area (Å²) < 4.78 is 7.40. The molecule has 0 saturated carbocycles. The van der Waals surface area contributed by atoms with Crippen LogP contribution in [0.25, 0.3) is 10.2 Å². The number of carbonyl (C=O) groups is 2. The van der Waals surface area contributed by atoms with Crippen molar-refractivity contribution in [2.24, 2.45) is 0 Å². The molecule has 0 aromatic carbocycles. The number of hydrogen-bond donors (Lipinski definition) is 2. The molecule has 29 heavy (non-hydrogen) atoms. The first-order valence-corrected chi connectivity index (χ1v) is 11.7. The van der Waals surface area contributed by atoms with E-state index in [9.17, 15) is 14.4 Å². The summed E-state index contributed by atoms with van der Waals surface area (Å²) in [5, 5.41) is 5.83. The first kappa shape index (κ1) is 20.4. The summed E-state index contributed by atoms with van der Waals surface area (Å²) in [5.74, 6) is -0.431. The van der Waals surface area contributed by atoms with E-state index in [1.165, 1.54) is 23.7 Å². The Hall–Kier alpha value is -1.91. The number of ether oxygens (including phenoxy) is 1. The topological polar surface area (TPSA) is 102 Å². The van der Waals surface area contributed by atoms with Crippen LogP contribution in [0.2, 0.25) is 0 Å². The van der Waals surface area contributed by atoms with Crippen molar-refractivity contribution < 1.29 is 14.3 Å². The zero-order valence-corrected chi connectivity index (χ0v) is 17.9. The second kappa shape index (κ2) is 8.85. The molecule has 8 nitrogen and oxygen atoms in total. The quantitative estimate of drug-likeness (QED) is 0.550. The molecule has 2 aromatic rings. The van der Waals surface area contributed by atoms with Crippen LogP contribution in [0.3, 0.4) is 0 Å². The highest BCUT2D eigenvalue weighted by Gasteiger charge is 2.25. The average Bonchev–Trinajstić information content (AvgIpc) is 3.35. The second-order valence-electron chi connectivity index (χ2n) is 7.25. The number of amides is 3. The van der Waals surface area contributed by atoms with E-state index >= 15 is 0 Å². The van der Waals surface area contributed by atoms with Gasteiger partial charge in [-0.1, -0.05) is 11.8 Å². The third-order valence-electron chi connectivity index (χ3n) is 5.26. The molecule has 1 aliphatic heterocycles. The summed E-state index contributed by atoms with van der Waals surface area (Å²) in [5.41, 5.74) is 1.11.